The van der Waals surface area contributed by atoms with E-state index in [-0.39, 0.29) is 11.6 Å². The molecule has 0 radical (unpaired) electrons. The number of hydrogen-bond acceptors (Lipinski definition) is 5. The SMILES string of the molecule is COc1cccc(OCc2cnc(C(=O)O)s2)c1. The summed E-state index contributed by atoms with van der Waals surface area (Å²) in [4.78, 5) is 15.2. The molecule has 0 spiro atoms. The Kier molecular flexibility index (Phi) is 3.78. The van der Waals surface area contributed by atoms with Crippen molar-refractivity contribution in [1.82, 2.24) is 4.98 Å². The normalized spacial score (nSPS) is 10.1. The molecule has 1 aromatic heterocycles. The molecule has 0 amide bonds. The lowest BCUT2D eigenvalue weighted by Gasteiger charge is -2.05. The Balaban J connectivity index is 1.99. The second-order valence-electron chi connectivity index (χ2n) is 3.40. The fourth-order valence-electron chi connectivity index (χ4n) is 1.32. The largest absolute Gasteiger partial charge is 0.497 e. The van der Waals surface area contributed by atoms with E-state index in [0.29, 0.717) is 11.5 Å². The fourth-order valence-corrected chi connectivity index (χ4v) is 1.98. The van der Waals surface area contributed by atoms with Crippen molar-refractivity contribution in [2.45, 2.75) is 6.61 Å². The number of aromatic carboxylic acids is 1. The predicted octanol–water partition coefficient (Wildman–Crippen LogP) is 2.43. The van der Waals surface area contributed by atoms with E-state index < -0.39 is 5.97 Å². The van der Waals surface area contributed by atoms with Crippen molar-refractivity contribution in [3.63, 3.8) is 0 Å². The monoisotopic (exact) mass is 265 g/mol. The van der Waals surface area contributed by atoms with Crippen LogP contribution in [0.2, 0.25) is 0 Å². The molecular formula is C12H11NO4S. The van der Waals surface area contributed by atoms with Gasteiger partial charge in [-0.1, -0.05) is 6.07 Å². The number of benzene rings is 1. The molecule has 1 aromatic carbocycles. The number of ether oxygens (including phenoxy) is 2. The van der Waals surface area contributed by atoms with E-state index >= 15 is 0 Å². The highest BCUT2D eigenvalue weighted by Gasteiger charge is 2.09. The third-order valence-corrected chi connectivity index (χ3v) is 3.12. The average molecular weight is 265 g/mol. The van der Waals surface area contributed by atoms with Gasteiger partial charge in [0, 0.05) is 12.3 Å². The third kappa shape index (κ3) is 2.98. The van der Waals surface area contributed by atoms with Crippen LogP contribution in [-0.2, 0) is 6.61 Å². The molecule has 18 heavy (non-hydrogen) atoms. The van der Waals surface area contributed by atoms with Crippen LogP contribution < -0.4 is 9.47 Å². The van der Waals surface area contributed by atoms with Crippen molar-refractivity contribution in [2.24, 2.45) is 0 Å². The summed E-state index contributed by atoms with van der Waals surface area (Å²) >= 11 is 1.10. The van der Waals surface area contributed by atoms with Crippen LogP contribution in [0, 0.1) is 0 Å². The van der Waals surface area contributed by atoms with Gasteiger partial charge in [-0.05, 0) is 12.1 Å². The smallest absolute Gasteiger partial charge is 0.365 e. The first kappa shape index (κ1) is 12.4. The van der Waals surface area contributed by atoms with Gasteiger partial charge in [0.1, 0.15) is 18.1 Å². The molecule has 0 bridgehead atoms. The molecule has 0 aliphatic carbocycles. The molecule has 0 atom stereocenters. The Morgan fingerprint density at radius 1 is 1.44 bits per heavy atom. The number of thiazole rings is 1. The van der Waals surface area contributed by atoms with E-state index in [1.807, 2.05) is 18.2 Å². The molecule has 0 saturated carbocycles. The third-order valence-electron chi connectivity index (χ3n) is 2.16. The Hall–Kier alpha value is -2.08. The van der Waals surface area contributed by atoms with Crippen LogP contribution in [0.3, 0.4) is 0 Å². The van der Waals surface area contributed by atoms with Crippen LogP contribution in [0.15, 0.2) is 30.5 Å². The highest BCUT2D eigenvalue weighted by Crippen LogP contribution is 2.21. The number of aromatic nitrogens is 1. The molecule has 2 rings (SSSR count). The maximum absolute atomic E-state index is 10.7. The van der Waals surface area contributed by atoms with E-state index in [1.165, 1.54) is 6.20 Å². The van der Waals surface area contributed by atoms with E-state index in [2.05, 4.69) is 4.98 Å². The van der Waals surface area contributed by atoms with Crippen LogP contribution in [0.1, 0.15) is 14.7 Å². The zero-order chi connectivity index (χ0) is 13.0. The summed E-state index contributed by atoms with van der Waals surface area (Å²) < 4.78 is 10.6. The Labute approximate surface area is 108 Å². The molecule has 0 saturated heterocycles. The predicted molar refractivity (Wildman–Crippen MR) is 66.4 cm³/mol. The van der Waals surface area contributed by atoms with E-state index in [0.717, 1.165) is 16.2 Å². The van der Waals surface area contributed by atoms with E-state index in [1.54, 1.807) is 13.2 Å². The minimum absolute atomic E-state index is 0.0687. The van der Waals surface area contributed by atoms with Gasteiger partial charge in [-0.2, -0.15) is 0 Å². The summed E-state index contributed by atoms with van der Waals surface area (Å²) in [5, 5.41) is 8.81. The summed E-state index contributed by atoms with van der Waals surface area (Å²) in [7, 11) is 1.58. The molecule has 0 aliphatic rings. The minimum Gasteiger partial charge on any atom is -0.497 e. The number of methoxy groups -OCH3 is 1. The lowest BCUT2D eigenvalue weighted by molar-refractivity contribution is 0.0696. The number of carbonyl (C=O) groups is 1. The average Bonchev–Trinajstić information content (AvgIpc) is 2.85. The van der Waals surface area contributed by atoms with Crippen LogP contribution in [-0.4, -0.2) is 23.2 Å². The number of carboxylic acid groups (broad SMARTS) is 1. The van der Waals surface area contributed by atoms with Crippen molar-refractivity contribution in [2.75, 3.05) is 7.11 Å². The molecule has 1 N–H and O–H groups in total. The van der Waals surface area contributed by atoms with Crippen molar-refractivity contribution >= 4 is 17.3 Å². The molecule has 0 aliphatic heterocycles. The Morgan fingerprint density at radius 2 is 2.22 bits per heavy atom. The van der Waals surface area contributed by atoms with E-state index in [4.69, 9.17) is 14.6 Å². The van der Waals surface area contributed by atoms with Crippen LogP contribution >= 0.6 is 11.3 Å². The maximum Gasteiger partial charge on any atom is 0.365 e. The topological polar surface area (TPSA) is 68.7 Å². The van der Waals surface area contributed by atoms with Gasteiger partial charge in [-0.15, -0.1) is 11.3 Å². The molecule has 0 unspecified atom stereocenters. The highest BCUT2D eigenvalue weighted by atomic mass is 32.1. The van der Waals surface area contributed by atoms with Crippen LogP contribution in [0.25, 0.3) is 0 Å². The lowest BCUT2D eigenvalue weighted by atomic mass is 10.3. The highest BCUT2D eigenvalue weighted by molar-refractivity contribution is 7.13. The standard InChI is InChI=1S/C12H11NO4S/c1-16-8-3-2-4-9(5-8)17-7-10-6-13-11(18-10)12(14)15/h2-6H,7H2,1H3,(H,14,15). The summed E-state index contributed by atoms with van der Waals surface area (Å²) in [6, 6.07) is 7.21. The fraction of sp³-hybridized carbons (Fsp3) is 0.167. The first-order valence-corrected chi connectivity index (χ1v) is 5.95. The van der Waals surface area contributed by atoms with Crippen molar-refractivity contribution in [3.8, 4) is 11.5 Å². The van der Waals surface area contributed by atoms with Gasteiger partial charge in [-0.3, -0.25) is 0 Å². The van der Waals surface area contributed by atoms with Gasteiger partial charge in [0.05, 0.1) is 12.0 Å². The number of nitrogens with zero attached hydrogens (tertiary/aromatic N) is 1. The molecule has 6 heteroatoms. The lowest BCUT2D eigenvalue weighted by Crippen LogP contribution is -1.93. The van der Waals surface area contributed by atoms with Crippen molar-refractivity contribution < 1.29 is 19.4 Å². The van der Waals surface area contributed by atoms with Crippen LogP contribution in [0.4, 0.5) is 0 Å². The summed E-state index contributed by atoms with van der Waals surface area (Å²) in [5.74, 6) is 0.357. The quantitative estimate of drug-likeness (QED) is 0.899. The Bertz CT molecular complexity index is 553. The number of hydrogen-bond donors (Lipinski definition) is 1. The van der Waals surface area contributed by atoms with Gasteiger partial charge >= 0.3 is 5.97 Å². The molecular weight excluding hydrogens is 254 g/mol. The van der Waals surface area contributed by atoms with Gasteiger partial charge in [0.2, 0.25) is 5.01 Å². The van der Waals surface area contributed by atoms with Crippen LogP contribution in [0.5, 0.6) is 11.5 Å². The van der Waals surface area contributed by atoms with Gasteiger partial charge < -0.3 is 14.6 Å². The zero-order valence-electron chi connectivity index (χ0n) is 9.62. The molecule has 0 fully saturated rings. The number of rotatable bonds is 5. The van der Waals surface area contributed by atoms with Crippen molar-refractivity contribution in [1.29, 1.82) is 0 Å². The first-order valence-electron chi connectivity index (χ1n) is 5.14. The van der Waals surface area contributed by atoms with Crippen molar-refractivity contribution in [3.05, 3.63) is 40.3 Å². The minimum atomic E-state index is -1.02. The number of carboxylic acids is 1. The van der Waals surface area contributed by atoms with E-state index in [9.17, 15) is 4.79 Å². The van der Waals surface area contributed by atoms with Gasteiger partial charge in [-0.25, -0.2) is 9.78 Å². The second-order valence-corrected chi connectivity index (χ2v) is 4.52. The molecule has 1 heterocycles. The summed E-state index contributed by atoms with van der Waals surface area (Å²) in [5.41, 5.74) is 0. The van der Waals surface area contributed by atoms with Gasteiger partial charge in [0.15, 0.2) is 0 Å². The summed E-state index contributed by atoms with van der Waals surface area (Å²) in [6.07, 6.45) is 1.51. The molecule has 94 valence electrons. The molecule has 5 nitrogen and oxygen atoms in total. The second kappa shape index (κ2) is 5.50. The van der Waals surface area contributed by atoms with Gasteiger partial charge in [0.25, 0.3) is 0 Å². The maximum atomic E-state index is 10.7. The first-order chi connectivity index (χ1) is 8.69. The molecule has 2 aromatic rings. The zero-order valence-corrected chi connectivity index (χ0v) is 10.4. The Morgan fingerprint density at radius 3 is 2.89 bits per heavy atom. The summed E-state index contributed by atoms with van der Waals surface area (Å²) in [6.45, 7) is 0.290.